The first-order valence-electron chi connectivity index (χ1n) is 5.90. The zero-order valence-corrected chi connectivity index (χ0v) is 12.1. The van der Waals surface area contributed by atoms with Gasteiger partial charge in [-0.1, -0.05) is 6.07 Å². The number of likely N-dealkylation sites (tertiary alicyclic amines) is 1. The monoisotopic (exact) mass is 314 g/mol. The van der Waals surface area contributed by atoms with E-state index in [2.05, 4.69) is 20.8 Å². The van der Waals surface area contributed by atoms with Crippen LogP contribution in [0, 0.1) is 5.82 Å². The Labute approximate surface area is 115 Å². The number of likely N-dealkylation sites (N-methyl/N-ethyl adjacent to an activating group) is 1. The molecular weight excluding hydrogens is 299 g/mol. The molecule has 1 aromatic carbocycles. The number of hydrogen-bond acceptors (Lipinski definition) is 2. The number of carbonyl (C=O) groups is 1. The lowest BCUT2D eigenvalue weighted by Gasteiger charge is -2.21. The van der Waals surface area contributed by atoms with E-state index in [4.69, 9.17) is 0 Å². The second-order valence-corrected chi connectivity index (χ2v) is 5.61. The van der Waals surface area contributed by atoms with Gasteiger partial charge in [0.1, 0.15) is 5.82 Å². The molecule has 1 aliphatic rings. The Balaban J connectivity index is 2.18. The minimum atomic E-state index is -0.470. The third kappa shape index (κ3) is 2.57. The molecule has 0 aromatic heterocycles. The molecule has 98 valence electrons. The van der Waals surface area contributed by atoms with Crippen LogP contribution < -0.4 is 0 Å². The number of benzene rings is 1. The maximum absolute atomic E-state index is 13.7. The van der Waals surface area contributed by atoms with Crippen molar-refractivity contribution in [3.63, 3.8) is 0 Å². The van der Waals surface area contributed by atoms with Gasteiger partial charge >= 0.3 is 0 Å². The van der Waals surface area contributed by atoms with Crippen LogP contribution in [0.1, 0.15) is 16.8 Å². The second-order valence-electron chi connectivity index (χ2n) is 4.75. The van der Waals surface area contributed by atoms with E-state index in [0.29, 0.717) is 23.6 Å². The molecule has 1 amide bonds. The third-order valence-corrected chi connectivity index (χ3v) is 4.02. The topological polar surface area (TPSA) is 23.6 Å². The smallest absolute Gasteiger partial charge is 0.258 e. The average Bonchev–Trinajstić information content (AvgIpc) is 2.77. The summed E-state index contributed by atoms with van der Waals surface area (Å²) in [5.74, 6) is -0.702. The third-order valence-electron chi connectivity index (χ3n) is 3.36. The molecule has 1 aromatic rings. The molecule has 0 radical (unpaired) electrons. The van der Waals surface area contributed by atoms with E-state index in [0.717, 1.165) is 6.42 Å². The molecule has 0 bridgehead atoms. The van der Waals surface area contributed by atoms with Crippen LogP contribution in [0.25, 0.3) is 0 Å². The Morgan fingerprint density at radius 3 is 2.78 bits per heavy atom. The van der Waals surface area contributed by atoms with Crippen molar-refractivity contribution in [3.05, 3.63) is 34.1 Å². The first kappa shape index (κ1) is 13.5. The van der Waals surface area contributed by atoms with Gasteiger partial charge in [-0.3, -0.25) is 4.79 Å². The minimum Gasteiger partial charge on any atom is -0.337 e. The number of carbonyl (C=O) groups excluding carboxylic acids is 1. The fraction of sp³-hybridized carbons (Fsp3) is 0.462. The number of hydrogen-bond donors (Lipinski definition) is 0. The molecule has 18 heavy (non-hydrogen) atoms. The predicted octanol–water partition coefficient (Wildman–Crippen LogP) is 2.36. The van der Waals surface area contributed by atoms with Crippen LogP contribution >= 0.6 is 15.9 Å². The average molecular weight is 315 g/mol. The standard InChI is InChI=1S/C13H16BrFN2O/c1-16(2)9-6-7-17(8-9)13(18)12-10(14)4-3-5-11(12)15/h3-5,9H,6-8H2,1-2H3. The number of amides is 1. The van der Waals surface area contributed by atoms with Gasteiger partial charge < -0.3 is 9.80 Å². The quantitative estimate of drug-likeness (QED) is 0.836. The van der Waals surface area contributed by atoms with E-state index >= 15 is 0 Å². The zero-order chi connectivity index (χ0) is 13.3. The zero-order valence-electron chi connectivity index (χ0n) is 10.5. The van der Waals surface area contributed by atoms with Gasteiger partial charge in [0.05, 0.1) is 5.56 Å². The van der Waals surface area contributed by atoms with E-state index in [1.165, 1.54) is 6.07 Å². The minimum absolute atomic E-state index is 0.136. The Morgan fingerprint density at radius 2 is 2.22 bits per heavy atom. The highest BCUT2D eigenvalue weighted by Crippen LogP contribution is 2.24. The fourth-order valence-electron chi connectivity index (χ4n) is 2.21. The van der Waals surface area contributed by atoms with Crippen molar-refractivity contribution in [3.8, 4) is 0 Å². The summed E-state index contributed by atoms with van der Waals surface area (Å²) in [6.45, 7) is 1.34. The SMILES string of the molecule is CN(C)C1CCN(C(=O)c2c(F)cccc2Br)C1. The summed E-state index contributed by atoms with van der Waals surface area (Å²) in [5, 5.41) is 0. The van der Waals surface area contributed by atoms with Crippen molar-refractivity contribution >= 4 is 21.8 Å². The van der Waals surface area contributed by atoms with Gasteiger partial charge in [0.15, 0.2) is 0 Å². The predicted molar refractivity (Wildman–Crippen MR) is 72.1 cm³/mol. The number of halogens is 2. The molecule has 1 unspecified atom stereocenters. The van der Waals surface area contributed by atoms with Crippen LogP contribution in [-0.4, -0.2) is 48.9 Å². The molecule has 2 rings (SSSR count). The molecule has 0 saturated carbocycles. The molecule has 0 aliphatic carbocycles. The van der Waals surface area contributed by atoms with Crippen molar-refractivity contribution in [2.45, 2.75) is 12.5 Å². The van der Waals surface area contributed by atoms with Crippen molar-refractivity contribution in [1.82, 2.24) is 9.80 Å². The highest BCUT2D eigenvalue weighted by molar-refractivity contribution is 9.10. The molecule has 0 N–H and O–H groups in total. The Morgan fingerprint density at radius 1 is 1.50 bits per heavy atom. The molecule has 1 heterocycles. The molecule has 3 nitrogen and oxygen atoms in total. The van der Waals surface area contributed by atoms with Crippen LogP contribution in [0.15, 0.2) is 22.7 Å². The van der Waals surface area contributed by atoms with Crippen molar-refractivity contribution in [2.75, 3.05) is 27.2 Å². The van der Waals surface area contributed by atoms with Gasteiger partial charge in [0, 0.05) is 23.6 Å². The van der Waals surface area contributed by atoms with E-state index in [9.17, 15) is 9.18 Å². The van der Waals surface area contributed by atoms with Gasteiger partial charge in [0.2, 0.25) is 0 Å². The summed E-state index contributed by atoms with van der Waals surface area (Å²) in [6.07, 6.45) is 0.935. The Hall–Kier alpha value is -0.940. The molecule has 1 aliphatic heterocycles. The van der Waals surface area contributed by atoms with E-state index in [1.807, 2.05) is 14.1 Å². The van der Waals surface area contributed by atoms with Gasteiger partial charge in [0.25, 0.3) is 5.91 Å². The van der Waals surface area contributed by atoms with Gasteiger partial charge in [-0.2, -0.15) is 0 Å². The summed E-state index contributed by atoms with van der Waals surface area (Å²) >= 11 is 3.24. The second kappa shape index (κ2) is 5.36. The van der Waals surface area contributed by atoms with Crippen LogP contribution in [0.3, 0.4) is 0 Å². The molecule has 5 heteroatoms. The highest BCUT2D eigenvalue weighted by Gasteiger charge is 2.30. The van der Waals surface area contributed by atoms with E-state index in [-0.39, 0.29) is 11.5 Å². The lowest BCUT2D eigenvalue weighted by molar-refractivity contribution is 0.0777. The van der Waals surface area contributed by atoms with Crippen LogP contribution in [-0.2, 0) is 0 Å². The highest BCUT2D eigenvalue weighted by atomic mass is 79.9. The summed E-state index contributed by atoms with van der Waals surface area (Å²) in [7, 11) is 4.00. The number of rotatable bonds is 2. The molecule has 0 spiro atoms. The Bertz CT molecular complexity index is 444. The summed E-state index contributed by atoms with van der Waals surface area (Å²) < 4.78 is 14.2. The maximum atomic E-state index is 13.7. The summed E-state index contributed by atoms with van der Waals surface area (Å²) in [6, 6.07) is 4.95. The largest absolute Gasteiger partial charge is 0.337 e. The summed E-state index contributed by atoms with van der Waals surface area (Å²) in [4.78, 5) is 16.1. The van der Waals surface area contributed by atoms with Gasteiger partial charge in [-0.25, -0.2) is 4.39 Å². The first-order valence-corrected chi connectivity index (χ1v) is 6.69. The van der Waals surface area contributed by atoms with Crippen molar-refractivity contribution in [2.24, 2.45) is 0 Å². The maximum Gasteiger partial charge on any atom is 0.258 e. The molecule has 1 atom stereocenters. The fourth-order valence-corrected chi connectivity index (χ4v) is 2.72. The van der Waals surface area contributed by atoms with Crippen LogP contribution in [0.4, 0.5) is 4.39 Å². The lowest BCUT2D eigenvalue weighted by Crippen LogP contribution is -2.35. The normalized spacial score (nSPS) is 19.6. The van der Waals surface area contributed by atoms with E-state index < -0.39 is 5.82 Å². The molecular formula is C13H16BrFN2O. The summed E-state index contributed by atoms with van der Waals surface area (Å²) in [5.41, 5.74) is 0.136. The number of nitrogens with zero attached hydrogens (tertiary/aromatic N) is 2. The lowest BCUT2D eigenvalue weighted by atomic mass is 10.2. The van der Waals surface area contributed by atoms with E-state index in [1.54, 1.807) is 17.0 Å². The van der Waals surface area contributed by atoms with Crippen molar-refractivity contribution < 1.29 is 9.18 Å². The van der Waals surface area contributed by atoms with Gasteiger partial charge in [-0.05, 0) is 48.6 Å². The first-order chi connectivity index (χ1) is 8.50. The van der Waals surface area contributed by atoms with Gasteiger partial charge in [-0.15, -0.1) is 0 Å². The van der Waals surface area contributed by atoms with Crippen LogP contribution in [0.2, 0.25) is 0 Å². The Kier molecular flexibility index (Phi) is 4.02. The van der Waals surface area contributed by atoms with Crippen LogP contribution in [0.5, 0.6) is 0 Å². The van der Waals surface area contributed by atoms with Crippen molar-refractivity contribution in [1.29, 1.82) is 0 Å². The molecule has 1 fully saturated rings. The molecule has 1 saturated heterocycles.